The summed E-state index contributed by atoms with van der Waals surface area (Å²) in [6.45, 7) is 2.47. The van der Waals surface area contributed by atoms with Gasteiger partial charge in [-0.1, -0.05) is 23.7 Å². The Labute approximate surface area is 159 Å². The predicted octanol–water partition coefficient (Wildman–Crippen LogP) is 2.81. The van der Waals surface area contributed by atoms with Gasteiger partial charge in [-0.05, 0) is 30.7 Å². The van der Waals surface area contributed by atoms with Crippen molar-refractivity contribution in [3.8, 4) is 5.69 Å². The third-order valence-electron chi connectivity index (χ3n) is 4.71. The predicted molar refractivity (Wildman–Crippen MR) is 99.6 cm³/mol. The average Bonchev–Trinajstić information content (AvgIpc) is 2.99. The number of hydrogen-bond donors (Lipinski definition) is 2. The molecule has 0 bridgehead atoms. The van der Waals surface area contributed by atoms with E-state index < -0.39 is 6.09 Å². The maximum Gasteiger partial charge on any atom is 0.407 e. The van der Waals surface area contributed by atoms with Crippen molar-refractivity contribution < 1.29 is 14.6 Å². The lowest BCUT2D eigenvalue weighted by Crippen LogP contribution is -2.46. The Hall–Kier alpha value is -2.84. The molecular weight excluding hydrogens is 372 g/mol. The van der Waals surface area contributed by atoms with Gasteiger partial charge in [0, 0.05) is 5.69 Å². The zero-order valence-electron chi connectivity index (χ0n) is 14.4. The highest BCUT2D eigenvalue weighted by Crippen LogP contribution is 2.29. The fourth-order valence-electron chi connectivity index (χ4n) is 3.38. The molecule has 2 aromatic heterocycles. The van der Waals surface area contributed by atoms with Crippen molar-refractivity contribution >= 4 is 28.7 Å². The molecule has 4 rings (SSSR count). The van der Waals surface area contributed by atoms with Crippen molar-refractivity contribution in [3.63, 3.8) is 0 Å². The largest absolute Gasteiger partial charge is 0.465 e. The minimum atomic E-state index is -0.970. The van der Waals surface area contributed by atoms with Crippen LogP contribution in [0.5, 0.6) is 0 Å². The van der Waals surface area contributed by atoms with Gasteiger partial charge in [0.2, 0.25) is 0 Å². The summed E-state index contributed by atoms with van der Waals surface area (Å²) in [4.78, 5) is 31.6. The smallest absolute Gasteiger partial charge is 0.407 e. The van der Waals surface area contributed by atoms with Gasteiger partial charge in [0.1, 0.15) is 5.15 Å². The van der Waals surface area contributed by atoms with E-state index in [1.807, 2.05) is 31.2 Å². The van der Waals surface area contributed by atoms with Gasteiger partial charge in [0.25, 0.3) is 5.56 Å². The number of nitrogens with one attached hydrogen (secondary N) is 1. The zero-order chi connectivity index (χ0) is 19.1. The number of halogens is 1. The topological polar surface area (TPSA) is 100 Å². The van der Waals surface area contributed by atoms with Gasteiger partial charge in [0.15, 0.2) is 5.65 Å². The van der Waals surface area contributed by atoms with Crippen LogP contribution in [0.15, 0.2) is 41.5 Å². The number of H-pyrrole nitrogens is 1. The number of amides is 1. The SMILES string of the molecule is C[C@H]1CN(C(=O)O)[C@@H](c2ccc(-n3c(Cl)cc4c(=O)[nH]cnc43)cc2)CO1. The molecule has 1 saturated heterocycles. The third-order valence-corrected chi connectivity index (χ3v) is 4.99. The Morgan fingerprint density at radius 3 is 2.81 bits per heavy atom. The molecule has 9 heteroatoms. The molecule has 1 aliphatic rings. The van der Waals surface area contributed by atoms with E-state index in [-0.39, 0.29) is 17.7 Å². The normalized spacial score (nSPS) is 20.1. The summed E-state index contributed by atoms with van der Waals surface area (Å²) in [5.74, 6) is 0. The van der Waals surface area contributed by atoms with Crippen LogP contribution in [0.25, 0.3) is 16.7 Å². The highest BCUT2D eigenvalue weighted by atomic mass is 35.5. The van der Waals surface area contributed by atoms with E-state index >= 15 is 0 Å². The fraction of sp³-hybridized carbons (Fsp3) is 0.278. The molecule has 1 aromatic carbocycles. The number of aromatic nitrogens is 3. The van der Waals surface area contributed by atoms with E-state index in [0.717, 1.165) is 11.3 Å². The van der Waals surface area contributed by atoms with Crippen molar-refractivity contribution in [2.45, 2.75) is 19.1 Å². The Morgan fingerprint density at radius 2 is 2.11 bits per heavy atom. The number of hydrogen-bond acceptors (Lipinski definition) is 4. The number of carboxylic acid groups (broad SMARTS) is 1. The third kappa shape index (κ3) is 3.07. The number of rotatable bonds is 2. The van der Waals surface area contributed by atoms with Crippen LogP contribution in [0.4, 0.5) is 4.79 Å². The summed E-state index contributed by atoms with van der Waals surface area (Å²) in [5.41, 5.74) is 1.75. The molecule has 0 spiro atoms. The molecule has 0 radical (unpaired) electrons. The average molecular weight is 389 g/mol. The van der Waals surface area contributed by atoms with E-state index in [2.05, 4.69) is 9.97 Å². The summed E-state index contributed by atoms with van der Waals surface area (Å²) >= 11 is 6.31. The molecule has 3 heterocycles. The van der Waals surface area contributed by atoms with E-state index in [4.69, 9.17) is 16.3 Å². The molecule has 2 atom stereocenters. The van der Waals surface area contributed by atoms with Crippen LogP contribution in [0.3, 0.4) is 0 Å². The van der Waals surface area contributed by atoms with Gasteiger partial charge in [-0.2, -0.15) is 0 Å². The van der Waals surface area contributed by atoms with E-state index in [0.29, 0.717) is 29.3 Å². The first kappa shape index (κ1) is 17.6. The summed E-state index contributed by atoms with van der Waals surface area (Å²) in [7, 11) is 0. The monoisotopic (exact) mass is 388 g/mol. The van der Waals surface area contributed by atoms with Gasteiger partial charge >= 0.3 is 6.09 Å². The molecule has 1 fully saturated rings. The zero-order valence-corrected chi connectivity index (χ0v) is 15.2. The van der Waals surface area contributed by atoms with Gasteiger partial charge in [-0.15, -0.1) is 0 Å². The van der Waals surface area contributed by atoms with Crippen molar-refractivity contribution in [3.05, 3.63) is 57.7 Å². The Balaban J connectivity index is 1.71. The van der Waals surface area contributed by atoms with Crippen LogP contribution >= 0.6 is 11.6 Å². The van der Waals surface area contributed by atoms with E-state index in [1.54, 1.807) is 10.6 Å². The Morgan fingerprint density at radius 1 is 1.37 bits per heavy atom. The maximum atomic E-state index is 11.9. The molecule has 1 amide bonds. The maximum absolute atomic E-state index is 11.9. The number of aromatic amines is 1. The quantitative estimate of drug-likeness (QED) is 0.703. The lowest BCUT2D eigenvalue weighted by molar-refractivity contribution is -0.0465. The van der Waals surface area contributed by atoms with Crippen molar-refractivity contribution in [2.75, 3.05) is 13.2 Å². The number of ether oxygens (including phenoxy) is 1. The van der Waals surface area contributed by atoms with E-state index in [1.165, 1.54) is 11.2 Å². The van der Waals surface area contributed by atoms with Crippen LogP contribution in [-0.4, -0.2) is 49.9 Å². The second-order valence-corrected chi connectivity index (χ2v) is 6.84. The van der Waals surface area contributed by atoms with Gasteiger partial charge in [0.05, 0.1) is 37.0 Å². The summed E-state index contributed by atoms with van der Waals surface area (Å²) < 4.78 is 7.31. The minimum Gasteiger partial charge on any atom is -0.465 e. The van der Waals surface area contributed by atoms with Crippen LogP contribution in [-0.2, 0) is 4.74 Å². The number of nitrogens with zero attached hydrogens (tertiary/aromatic N) is 3. The molecule has 3 aromatic rings. The van der Waals surface area contributed by atoms with Crippen LogP contribution in [0, 0.1) is 0 Å². The van der Waals surface area contributed by atoms with Crippen LogP contribution in [0.1, 0.15) is 18.5 Å². The Kier molecular flexibility index (Phi) is 4.37. The molecule has 0 unspecified atom stereocenters. The molecule has 0 saturated carbocycles. The van der Waals surface area contributed by atoms with Crippen LogP contribution < -0.4 is 5.56 Å². The number of benzene rings is 1. The molecule has 27 heavy (non-hydrogen) atoms. The first-order valence-corrected chi connectivity index (χ1v) is 8.79. The molecule has 1 aliphatic heterocycles. The standard InChI is InChI=1S/C18H17ClN4O4/c1-10-7-22(18(25)26)14(8-27-10)11-2-4-12(5-3-11)23-15(19)6-13-16(23)20-9-21-17(13)24/h2-6,9-10,14H,7-8H2,1H3,(H,25,26)(H,20,21,24)/t10-,14+/m0/s1. The highest BCUT2D eigenvalue weighted by Gasteiger charge is 2.31. The van der Waals surface area contributed by atoms with E-state index in [9.17, 15) is 14.7 Å². The Bertz CT molecular complexity index is 1060. The fourth-order valence-corrected chi connectivity index (χ4v) is 3.66. The second kappa shape index (κ2) is 6.71. The lowest BCUT2D eigenvalue weighted by atomic mass is 10.0. The first-order valence-electron chi connectivity index (χ1n) is 8.42. The van der Waals surface area contributed by atoms with Gasteiger partial charge < -0.3 is 14.8 Å². The van der Waals surface area contributed by atoms with Crippen LogP contribution in [0.2, 0.25) is 5.15 Å². The molecule has 0 aliphatic carbocycles. The summed E-state index contributed by atoms with van der Waals surface area (Å²) in [6.07, 6.45) is 0.227. The lowest BCUT2D eigenvalue weighted by Gasteiger charge is -2.37. The highest BCUT2D eigenvalue weighted by molar-refractivity contribution is 6.31. The van der Waals surface area contributed by atoms with Crippen molar-refractivity contribution in [1.82, 2.24) is 19.4 Å². The van der Waals surface area contributed by atoms with Crippen molar-refractivity contribution in [2.24, 2.45) is 0 Å². The van der Waals surface area contributed by atoms with Gasteiger partial charge in [-0.3, -0.25) is 14.3 Å². The van der Waals surface area contributed by atoms with Crippen molar-refractivity contribution in [1.29, 1.82) is 0 Å². The minimum absolute atomic E-state index is 0.133. The number of fused-ring (bicyclic) bond motifs is 1. The molecule has 140 valence electrons. The molecular formula is C18H17ClN4O4. The molecule has 8 nitrogen and oxygen atoms in total. The first-order chi connectivity index (χ1) is 13.0. The number of morpholine rings is 1. The molecule has 2 N–H and O–H groups in total. The van der Waals surface area contributed by atoms with Gasteiger partial charge in [-0.25, -0.2) is 9.78 Å². The summed E-state index contributed by atoms with van der Waals surface area (Å²) in [6, 6.07) is 8.52. The number of carbonyl (C=O) groups is 1. The second-order valence-electron chi connectivity index (χ2n) is 6.46. The summed E-state index contributed by atoms with van der Waals surface area (Å²) in [5, 5.41) is 10.2.